The molecule has 0 spiro atoms. The number of halogens is 7. The van der Waals surface area contributed by atoms with Gasteiger partial charge in [-0.25, -0.2) is 4.39 Å². The normalized spacial score (nSPS) is 13.8. The Hall–Kier alpha value is -0.820. The van der Waals surface area contributed by atoms with Crippen molar-refractivity contribution in [2.75, 3.05) is 0 Å². The second-order valence-corrected chi connectivity index (χ2v) is 3.97. The summed E-state index contributed by atoms with van der Waals surface area (Å²) in [5.74, 6) is -1.37. The fourth-order valence-electron chi connectivity index (χ4n) is 1.29. The van der Waals surface area contributed by atoms with Crippen LogP contribution in [0.4, 0.5) is 30.7 Å². The van der Waals surface area contributed by atoms with Gasteiger partial charge in [0.15, 0.2) is 0 Å². The summed E-state index contributed by atoms with van der Waals surface area (Å²) in [6.07, 6.45) is -13.7. The molecule has 0 atom stereocenters. The van der Waals surface area contributed by atoms with Gasteiger partial charge in [0.2, 0.25) is 0 Å². The van der Waals surface area contributed by atoms with Crippen LogP contribution in [0.2, 0.25) is 0 Å². The number of rotatable bonds is 6. The first-order valence-electron chi connectivity index (χ1n) is 5.29. The van der Waals surface area contributed by atoms with Crippen molar-refractivity contribution in [2.24, 2.45) is 0 Å². The zero-order valence-corrected chi connectivity index (χ0v) is 9.59. The molecule has 0 unspecified atom stereocenters. The molecule has 0 rings (SSSR count). The summed E-state index contributed by atoms with van der Waals surface area (Å²) in [6, 6.07) is 0. The van der Waals surface area contributed by atoms with Crippen molar-refractivity contribution >= 4 is 5.78 Å². The summed E-state index contributed by atoms with van der Waals surface area (Å²) in [5, 5.41) is 0. The molecule has 1 nitrogen and oxygen atoms in total. The van der Waals surface area contributed by atoms with Crippen molar-refractivity contribution in [1.82, 2.24) is 0 Å². The van der Waals surface area contributed by atoms with Gasteiger partial charge in [0.05, 0.1) is 6.42 Å². The van der Waals surface area contributed by atoms with Crippen LogP contribution in [0.15, 0.2) is 0 Å². The van der Waals surface area contributed by atoms with Crippen LogP contribution in [0.5, 0.6) is 0 Å². The molecular formula is C10H13F7O. The molecule has 0 aromatic rings. The van der Waals surface area contributed by atoms with Gasteiger partial charge in [-0.05, 0) is 6.42 Å². The fraction of sp³-hybridized carbons (Fsp3) is 0.900. The Bertz CT molecular complexity index is 265. The Morgan fingerprint density at radius 1 is 0.889 bits per heavy atom. The van der Waals surface area contributed by atoms with Crippen molar-refractivity contribution < 1.29 is 35.5 Å². The van der Waals surface area contributed by atoms with Gasteiger partial charge in [0.25, 0.3) is 0 Å². The molecule has 0 aliphatic carbocycles. The highest BCUT2D eigenvalue weighted by Crippen LogP contribution is 2.48. The molecule has 0 amide bonds. The molecule has 0 heterocycles. The maximum Gasteiger partial charge on any atom is 0.432 e. The first-order valence-corrected chi connectivity index (χ1v) is 5.29. The number of carbonyl (C=O) groups is 1. The predicted octanol–water partition coefficient (Wildman–Crippen LogP) is 4.36. The summed E-state index contributed by atoms with van der Waals surface area (Å²) < 4.78 is 85.7. The third-order valence-electron chi connectivity index (χ3n) is 2.40. The van der Waals surface area contributed by atoms with Crippen LogP contribution < -0.4 is 0 Å². The summed E-state index contributed by atoms with van der Waals surface area (Å²) in [7, 11) is 0. The van der Waals surface area contributed by atoms with Crippen LogP contribution in [-0.4, -0.2) is 23.8 Å². The number of alkyl halides is 7. The van der Waals surface area contributed by atoms with E-state index in [1.54, 1.807) is 6.92 Å². The van der Waals surface area contributed by atoms with E-state index in [1.807, 2.05) is 0 Å². The zero-order valence-electron chi connectivity index (χ0n) is 9.59. The van der Waals surface area contributed by atoms with E-state index in [1.165, 1.54) is 0 Å². The van der Waals surface area contributed by atoms with Crippen molar-refractivity contribution in [3.63, 3.8) is 0 Å². The predicted molar refractivity (Wildman–Crippen MR) is 49.7 cm³/mol. The lowest BCUT2D eigenvalue weighted by Crippen LogP contribution is -2.54. The second-order valence-electron chi connectivity index (χ2n) is 3.97. The summed E-state index contributed by atoms with van der Waals surface area (Å²) in [4.78, 5) is 11.0. The molecule has 0 N–H and O–H groups in total. The Labute approximate surface area is 99.3 Å². The largest absolute Gasteiger partial charge is 0.432 e. The van der Waals surface area contributed by atoms with Crippen LogP contribution in [0.3, 0.4) is 0 Å². The molecule has 108 valence electrons. The first-order chi connectivity index (χ1) is 7.95. The van der Waals surface area contributed by atoms with Gasteiger partial charge in [0.1, 0.15) is 5.78 Å². The number of Topliss-reactive ketones (excluding diaryl/α,β-unsaturated/α-hetero) is 1. The van der Waals surface area contributed by atoms with Crippen LogP contribution in [0, 0.1) is 0 Å². The van der Waals surface area contributed by atoms with E-state index in [9.17, 15) is 35.5 Å². The van der Waals surface area contributed by atoms with E-state index in [2.05, 4.69) is 0 Å². The minimum Gasteiger partial charge on any atom is -0.300 e. The van der Waals surface area contributed by atoms with Gasteiger partial charge >= 0.3 is 18.0 Å². The van der Waals surface area contributed by atoms with E-state index in [4.69, 9.17) is 0 Å². The Morgan fingerprint density at radius 2 is 1.33 bits per heavy atom. The van der Waals surface area contributed by atoms with E-state index in [-0.39, 0.29) is 6.42 Å². The quantitative estimate of drug-likeness (QED) is 0.522. The highest BCUT2D eigenvalue weighted by Gasteiger charge is 2.72. The minimum absolute atomic E-state index is 0.154. The molecule has 0 aliphatic heterocycles. The number of hydrogen-bond acceptors (Lipinski definition) is 1. The number of ketones is 1. The topological polar surface area (TPSA) is 17.1 Å². The molecule has 0 bridgehead atoms. The molecule has 0 aliphatic rings. The van der Waals surface area contributed by atoms with Crippen molar-refractivity contribution in [2.45, 2.75) is 57.0 Å². The molecule has 0 radical (unpaired) electrons. The van der Waals surface area contributed by atoms with Gasteiger partial charge in [0, 0.05) is 6.42 Å². The van der Waals surface area contributed by atoms with Crippen molar-refractivity contribution in [3.05, 3.63) is 0 Å². The Kier molecular flexibility index (Phi) is 5.61. The van der Waals surface area contributed by atoms with Gasteiger partial charge in [-0.3, -0.25) is 4.79 Å². The Morgan fingerprint density at radius 3 is 1.67 bits per heavy atom. The lowest BCUT2D eigenvalue weighted by atomic mass is 9.95. The fourth-order valence-corrected chi connectivity index (χ4v) is 1.29. The molecule has 0 fully saturated rings. The summed E-state index contributed by atoms with van der Waals surface area (Å²) >= 11 is 0. The van der Waals surface area contributed by atoms with E-state index in [0.29, 0.717) is 12.8 Å². The number of unbranched alkanes of at least 4 members (excludes halogenated alkanes) is 2. The SMILES string of the molecule is CCCCCC(=O)CC(F)(C(F)(F)F)C(F)(F)F. The molecule has 0 saturated carbocycles. The third kappa shape index (κ3) is 4.13. The highest BCUT2D eigenvalue weighted by molar-refractivity contribution is 5.79. The van der Waals surface area contributed by atoms with Gasteiger partial charge < -0.3 is 0 Å². The lowest BCUT2D eigenvalue weighted by molar-refractivity contribution is -0.340. The monoisotopic (exact) mass is 282 g/mol. The highest BCUT2D eigenvalue weighted by atomic mass is 19.4. The van der Waals surface area contributed by atoms with Crippen LogP contribution >= 0.6 is 0 Å². The average molecular weight is 282 g/mol. The summed E-state index contributed by atoms with van der Waals surface area (Å²) in [5.41, 5.74) is -5.46. The number of hydrogen-bond donors (Lipinski definition) is 0. The lowest BCUT2D eigenvalue weighted by Gasteiger charge is -2.29. The zero-order chi connectivity index (χ0) is 14.6. The molecular weight excluding hydrogens is 269 g/mol. The van der Waals surface area contributed by atoms with Crippen LogP contribution in [0.25, 0.3) is 0 Å². The van der Waals surface area contributed by atoms with Crippen molar-refractivity contribution in [3.8, 4) is 0 Å². The molecule has 8 heteroatoms. The van der Waals surface area contributed by atoms with Gasteiger partial charge in [-0.15, -0.1) is 0 Å². The molecule has 0 aromatic carbocycles. The second kappa shape index (κ2) is 5.88. The maximum atomic E-state index is 13.1. The molecule has 18 heavy (non-hydrogen) atoms. The first kappa shape index (κ1) is 17.2. The maximum absolute atomic E-state index is 13.1. The van der Waals surface area contributed by atoms with Gasteiger partial charge in [-0.2, -0.15) is 26.3 Å². The molecule has 0 aromatic heterocycles. The average Bonchev–Trinajstić information content (AvgIpc) is 2.14. The Balaban J connectivity index is 4.79. The van der Waals surface area contributed by atoms with E-state index < -0.39 is 36.6 Å². The number of carbonyl (C=O) groups excluding carboxylic acids is 1. The smallest absolute Gasteiger partial charge is 0.300 e. The minimum atomic E-state index is -6.15. The van der Waals surface area contributed by atoms with Gasteiger partial charge in [-0.1, -0.05) is 19.8 Å². The summed E-state index contributed by atoms with van der Waals surface area (Å²) in [6.45, 7) is 1.75. The van der Waals surface area contributed by atoms with Crippen LogP contribution in [-0.2, 0) is 4.79 Å². The van der Waals surface area contributed by atoms with E-state index >= 15 is 0 Å². The molecule has 0 saturated heterocycles. The van der Waals surface area contributed by atoms with Crippen molar-refractivity contribution in [1.29, 1.82) is 0 Å². The third-order valence-corrected chi connectivity index (χ3v) is 2.40. The van der Waals surface area contributed by atoms with E-state index in [0.717, 1.165) is 0 Å². The van der Waals surface area contributed by atoms with Crippen LogP contribution in [0.1, 0.15) is 39.0 Å². The standard InChI is InChI=1S/C10H13F7O/c1-2-3-4-5-7(18)6-8(11,9(12,13)14)10(15,16)17/h2-6H2,1H3.